The van der Waals surface area contributed by atoms with Crippen LogP contribution in [0.15, 0.2) is 105 Å². The number of nitrogens with zero attached hydrogens (tertiary/aromatic N) is 2. The monoisotopic (exact) mass is 689 g/mol. The predicted octanol–water partition coefficient (Wildman–Crippen LogP) is 6.71. The Balaban J connectivity index is 1.54. The van der Waals surface area contributed by atoms with Gasteiger partial charge in [-0.25, -0.2) is 13.8 Å². The van der Waals surface area contributed by atoms with Gasteiger partial charge in [0.1, 0.15) is 13.2 Å². The summed E-state index contributed by atoms with van der Waals surface area (Å²) in [6.45, 7) is 1.22. The molecule has 4 aromatic rings. The molecule has 0 aromatic heterocycles. The smallest absolute Gasteiger partial charge is 0.416 e. The number of hydrazone groups is 1. The van der Waals surface area contributed by atoms with Crippen LogP contribution in [0.4, 0.5) is 18.9 Å². The van der Waals surface area contributed by atoms with Crippen molar-refractivity contribution < 1.29 is 35.9 Å². The number of sulfonamides is 1. The Kier molecular flexibility index (Phi) is 10.3. The number of halogens is 4. The maximum Gasteiger partial charge on any atom is 0.416 e. The number of aryl methyl sites for hydroxylation is 1. The number of carbonyl (C=O) groups excluding carboxylic acids is 1. The highest BCUT2D eigenvalue weighted by atomic mass is 79.9. The van der Waals surface area contributed by atoms with E-state index in [1.165, 1.54) is 31.5 Å². The number of hydrogen-bond donors (Lipinski definition) is 1. The van der Waals surface area contributed by atoms with Crippen molar-refractivity contribution in [3.8, 4) is 11.5 Å². The largest absolute Gasteiger partial charge is 0.493 e. The Morgan fingerprint density at radius 1 is 1.00 bits per heavy atom. The van der Waals surface area contributed by atoms with E-state index in [2.05, 4.69) is 26.5 Å². The third kappa shape index (κ3) is 8.17. The molecular weight excluding hydrogens is 663 g/mol. The number of benzene rings is 4. The summed E-state index contributed by atoms with van der Waals surface area (Å²) in [6, 6.07) is 22.3. The first-order chi connectivity index (χ1) is 20.9. The highest BCUT2D eigenvalue weighted by molar-refractivity contribution is 9.10. The first-order valence-corrected chi connectivity index (χ1v) is 15.2. The summed E-state index contributed by atoms with van der Waals surface area (Å²) >= 11 is 3.45. The third-order valence-corrected chi connectivity index (χ3v) is 8.62. The SMILES string of the molecule is COc1cc(/C=N\NC(=O)CN(c2cccc(C(F)(F)F)c2)S(=O)(=O)c2ccc(C)cc2)cc(Br)c1OCc1ccccc1. The van der Waals surface area contributed by atoms with E-state index in [1.54, 1.807) is 31.2 Å². The molecule has 0 spiro atoms. The van der Waals surface area contributed by atoms with Gasteiger partial charge < -0.3 is 9.47 Å². The summed E-state index contributed by atoms with van der Waals surface area (Å²) in [5.41, 5.74) is 3.08. The second-order valence-corrected chi connectivity index (χ2v) is 12.2. The molecule has 8 nitrogen and oxygen atoms in total. The van der Waals surface area contributed by atoms with Crippen LogP contribution in [0.3, 0.4) is 0 Å². The number of anilines is 1. The lowest BCUT2D eigenvalue weighted by Gasteiger charge is -2.24. The van der Waals surface area contributed by atoms with Crippen molar-refractivity contribution in [3.63, 3.8) is 0 Å². The molecule has 0 saturated heterocycles. The Hall–Kier alpha value is -4.36. The van der Waals surface area contributed by atoms with Crippen LogP contribution in [-0.4, -0.2) is 34.2 Å². The maximum atomic E-state index is 13.5. The number of ether oxygens (including phenoxy) is 2. The van der Waals surface area contributed by atoms with Crippen LogP contribution in [-0.2, 0) is 27.6 Å². The molecule has 0 atom stereocenters. The summed E-state index contributed by atoms with van der Waals surface area (Å²) in [7, 11) is -2.96. The van der Waals surface area contributed by atoms with Gasteiger partial charge in [-0.2, -0.15) is 18.3 Å². The van der Waals surface area contributed by atoms with E-state index in [0.717, 1.165) is 23.3 Å². The molecule has 0 aliphatic carbocycles. The van der Waals surface area contributed by atoms with E-state index in [4.69, 9.17) is 9.47 Å². The summed E-state index contributed by atoms with van der Waals surface area (Å²) in [5, 5.41) is 3.91. The van der Waals surface area contributed by atoms with Crippen LogP contribution in [0.5, 0.6) is 11.5 Å². The van der Waals surface area contributed by atoms with Crippen LogP contribution in [0.25, 0.3) is 0 Å². The number of rotatable bonds is 11. The number of nitrogens with one attached hydrogen (secondary N) is 1. The quantitative estimate of drug-likeness (QED) is 0.140. The minimum Gasteiger partial charge on any atom is -0.493 e. The minimum atomic E-state index is -4.72. The lowest BCUT2D eigenvalue weighted by molar-refractivity contribution is -0.137. The second-order valence-electron chi connectivity index (χ2n) is 9.47. The van der Waals surface area contributed by atoms with Gasteiger partial charge in [0.25, 0.3) is 15.9 Å². The number of carbonyl (C=O) groups is 1. The Labute approximate surface area is 261 Å². The number of amides is 1. The van der Waals surface area contributed by atoms with E-state index in [1.807, 2.05) is 30.3 Å². The molecule has 0 aliphatic rings. The molecule has 13 heteroatoms. The van der Waals surface area contributed by atoms with Crippen LogP contribution in [0.2, 0.25) is 0 Å². The van der Waals surface area contributed by atoms with Crippen LogP contribution >= 0.6 is 15.9 Å². The zero-order valence-electron chi connectivity index (χ0n) is 23.5. The fraction of sp³-hybridized carbons (Fsp3) is 0.161. The maximum absolute atomic E-state index is 13.5. The summed E-state index contributed by atoms with van der Waals surface area (Å²) in [6.07, 6.45) is -3.42. The average Bonchev–Trinajstić information content (AvgIpc) is 2.99. The molecule has 0 aliphatic heterocycles. The van der Waals surface area contributed by atoms with Gasteiger partial charge in [0.15, 0.2) is 11.5 Å². The number of alkyl halides is 3. The Bertz CT molecular complexity index is 1750. The summed E-state index contributed by atoms with van der Waals surface area (Å²) in [4.78, 5) is 12.7. The normalized spacial score (nSPS) is 11.8. The Morgan fingerprint density at radius 2 is 1.70 bits per heavy atom. The lowest BCUT2D eigenvalue weighted by atomic mass is 10.2. The van der Waals surface area contributed by atoms with Crippen molar-refractivity contribution in [2.45, 2.75) is 24.6 Å². The zero-order chi connectivity index (χ0) is 31.9. The van der Waals surface area contributed by atoms with E-state index >= 15 is 0 Å². The lowest BCUT2D eigenvalue weighted by Crippen LogP contribution is -2.39. The van der Waals surface area contributed by atoms with Crippen molar-refractivity contribution >= 4 is 43.8 Å². The van der Waals surface area contributed by atoms with Gasteiger partial charge in [-0.3, -0.25) is 9.10 Å². The second kappa shape index (κ2) is 14.0. The van der Waals surface area contributed by atoms with E-state index in [-0.39, 0.29) is 10.6 Å². The first kappa shape index (κ1) is 32.6. The molecular formula is C31H27BrF3N3O5S. The molecule has 4 rings (SSSR count). The van der Waals surface area contributed by atoms with Gasteiger partial charge >= 0.3 is 6.18 Å². The molecule has 4 aromatic carbocycles. The predicted molar refractivity (Wildman–Crippen MR) is 164 cm³/mol. The standard InChI is InChI=1S/C31H27BrF3N3O5S/c1-21-11-13-26(14-12-21)44(40,41)38(25-10-6-9-24(17-25)31(33,34)35)19-29(39)37-36-18-23-15-27(32)30(28(16-23)42-2)43-20-22-7-4-3-5-8-22/h3-18H,19-20H2,1-2H3,(H,37,39)/b36-18-. The summed E-state index contributed by atoms with van der Waals surface area (Å²) < 4.78 is 79.8. The molecule has 0 heterocycles. The van der Waals surface area contributed by atoms with Gasteiger partial charge in [-0.15, -0.1) is 0 Å². The highest BCUT2D eigenvalue weighted by Crippen LogP contribution is 2.37. The summed E-state index contributed by atoms with van der Waals surface area (Å²) in [5.74, 6) is -0.0400. The third-order valence-electron chi connectivity index (χ3n) is 6.24. The van der Waals surface area contributed by atoms with Crippen molar-refractivity contribution in [3.05, 3.63) is 118 Å². The fourth-order valence-electron chi connectivity index (χ4n) is 4.02. The highest BCUT2D eigenvalue weighted by Gasteiger charge is 2.33. The Morgan fingerprint density at radius 3 is 2.36 bits per heavy atom. The van der Waals surface area contributed by atoms with Gasteiger partial charge in [0.2, 0.25) is 0 Å². The van der Waals surface area contributed by atoms with E-state index < -0.39 is 34.2 Å². The van der Waals surface area contributed by atoms with Crippen molar-refractivity contribution in [2.24, 2.45) is 5.10 Å². The van der Waals surface area contributed by atoms with Gasteiger partial charge in [-0.05, 0) is 76.4 Å². The van der Waals surface area contributed by atoms with Gasteiger partial charge in [-0.1, -0.05) is 54.1 Å². The van der Waals surface area contributed by atoms with Crippen LogP contribution in [0, 0.1) is 6.92 Å². The van der Waals surface area contributed by atoms with Crippen molar-refractivity contribution in [2.75, 3.05) is 18.0 Å². The first-order valence-electron chi connectivity index (χ1n) is 13.0. The molecule has 0 radical (unpaired) electrons. The van der Waals surface area contributed by atoms with E-state index in [0.29, 0.717) is 38.5 Å². The van der Waals surface area contributed by atoms with Crippen LogP contribution in [0.1, 0.15) is 22.3 Å². The minimum absolute atomic E-state index is 0.191. The fourth-order valence-corrected chi connectivity index (χ4v) is 6.01. The van der Waals surface area contributed by atoms with Gasteiger partial charge in [0.05, 0.1) is 33.9 Å². The number of hydrogen-bond acceptors (Lipinski definition) is 6. The molecule has 1 amide bonds. The van der Waals surface area contributed by atoms with E-state index in [9.17, 15) is 26.4 Å². The molecule has 44 heavy (non-hydrogen) atoms. The molecule has 230 valence electrons. The molecule has 1 N–H and O–H groups in total. The number of methoxy groups -OCH3 is 1. The van der Waals surface area contributed by atoms with Crippen molar-refractivity contribution in [1.29, 1.82) is 0 Å². The zero-order valence-corrected chi connectivity index (χ0v) is 25.9. The molecule has 0 saturated carbocycles. The molecule has 0 fully saturated rings. The van der Waals surface area contributed by atoms with Crippen LogP contribution < -0.4 is 19.2 Å². The molecule has 0 bridgehead atoms. The molecule has 0 unspecified atom stereocenters. The van der Waals surface area contributed by atoms with Crippen molar-refractivity contribution in [1.82, 2.24) is 5.43 Å². The average molecular weight is 691 g/mol. The topological polar surface area (TPSA) is 97.3 Å². The van der Waals surface area contributed by atoms with Gasteiger partial charge in [0, 0.05) is 0 Å².